The van der Waals surface area contributed by atoms with Crippen molar-refractivity contribution in [1.29, 1.82) is 0 Å². The van der Waals surface area contributed by atoms with E-state index in [0.717, 1.165) is 42.6 Å². The number of benzene rings is 2. The molecule has 5 heteroatoms. The summed E-state index contributed by atoms with van der Waals surface area (Å²) in [5, 5.41) is 3.63. The number of rotatable bonds is 6. The molecule has 0 saturated carbocycles. The first-order valence-electron chi connectivity index (χ1n) is 9.35. The highest BCUT2D eigenvalue weighted by Crippen LogP contribution is 2.22. The summed E-state index contributed by atoms with van der Waals surface area (Å²) in [5.74, 6) is 0.288. The maximum atomic E-state index is 12.6. The van der Waals surface area contributed by atoms with Crippen LogP contribution in [-0.4, -0.2) is 36.2 Å². The first kappa shape index (κ1) is 19.6. The Morgan fingerprint density at radius 1 is 1.04 bits per heavy atom. The lowest BCUT2D eigenvalue weighted by atomic mass is 9.88. The monoisotopic (exact) mass is 384 g/mol. The highest BCUT2D eigenvalue weighted by atomic mass is 35.5. The van der Waals surface area contributed by atoms with Crippen molar-refractivity contribution in [3.8, 4) is 0 Å². The Kier molecular flexibility index (Phi) is 6.64. The second-order valence-electron chi connectivity index (χ2n) is 7.18. The van der Waals surface area contributed by atoms with Crippen LogP contribution in [-0.2, 0) is 11.3 Å². The normalized spacial score (nSPS) is 15.5. The van der Waals surface area contributed by atoms with Gasteiger partial charge in [0, 0.05) is 23.0 Å². The van der Waals surface area contributed by atoms with Gasteiger partial charge in [0.1, 0.15) is 0 Å². The molecule has 2 aromatic rings. The quantitative estimate of drug-likeness (QED) is 0.769. The van der Waals surface area contributed by atoms with Gasteiger partial charge in [0.25, 0.3) is 0 Å². The fourth-order valence-corrected chi connectivity index (χ4v) is 3.49. The fourth-order valence-electron chi connectivity index (χ4n) is 3.37. The van der Waals surface area contributed by atoms with E-state index in [1.165, 1.54) is 0 Å². The SMILES string of the molecule is Cc1ccc(C(=O)C2CCN(CC(=O)NCc3ccc(Cl)cc3)CC2)cc1. The van der Waals surface area contributed by atoms with E-state index in [-0.39, 0.29) is 17.6 Å². The molecule has 1 fully saturated rings. The van der Waals surface area contributed by atoms with Gasteiger partial charge >= 0.3 is 0 Å². The predicted octanol–water partition coefficient (Wildman–Crippen LogP) is 3.86. The molecule has 1 heterocycles. The molecule has 1 amide bonds. The minimum atomic E-state index is 0.00765. The third-order valence-electron chi connectivity index (χ3n) is 5.06. The number of nitrogens with zero attached hydrogens (tertiary/aromatic N) is 1. The van der Waals surface area contributed by atoms with E-state index >= 15 is 0 Å². The van der Waals surface area contributed by atoms with Crippen LogP contribution >= 0.6 is 11.6 Å². The zero-order valence-electron chi connectivity index (χ0n) is 15.6. The molecule has 0 aliphatic carbocycles. The Balaban J connectivity index is 1.42. The number of piperidine rings is 1. The van der Waals surface area contributed by atoms with Crippen molar-refractivity contribution in [2.24, 2.45) is 5.92 Å². The summed E-state index contributed by atoms with van der Waals surface area (Å²) in [6.45, 7) is 4.44. The molecule has 1 aliphatic heterocycles. The van der Waals surface area contributed by atoms with E-state index in [0.29, 0.717) is 18.1 Å². The van der Waals surface area contributed by atoms with Gasteiger partial charge in [-0.3, -0.25) is 14.5 Å². The number of carbonyl (C=O) groups excluding carboxylic acids is 2. The third-order valence-corrected chi connectivity index (χ3v) is 5.32. The number of ketones is 1. The molecule has 4 nitrogen and oxygen atoms in total. The number of likely N-dealkylation sites (tertiary alicyclic amines) is 1. The van der Waals surface area contributed by atoms with E-state index in [1.807, 2.05) is 55.5 Å². The molecule has 2 aromatic carbocycles. The second kappa shape index (κ2) is 9.16. The summed E-state index contributed by atoms with van der Waals surface area (Å²) in [7, 11) is 0. The van der Waals surface area contributed by atoms with Crippen LogP contribution in [0.1, 0.15) is 34.3 Å². The first-order valence-corrected chi connectivity index (χ1v) is 9.73. The van der Waals surface area contributed by atoms with Crippen LogP contribution in [0.4, 0.5) is 0 Å². The molecule has 3 rings (SSSR count). The van der Waals surface area contributed by atoms with E-state index in [1.54, 1.807) is 0 Å². The van der Waals surface area contributed by atoms with E-state index in [9.17, 15) is 9.59 Å². The van der Waals surface area contributed by atoms with E-state index < -0.39 is 0 Å². The van der Waals surface area contributed by atoms with Gasteiger partial charge in [0.2, 0.25) is 5.91 Å². The summed E-state index contributed by atoms with van der Waals surface area (Å²) in [4.78, 5) is 26.9. The van der Waals surface area contributed by atoms with Crippen molar-refractivity contribution in [2.45, 2.75) is 26.3 Å². The predicted molar refractivity (Wildman–Crippen MR) is 108 cm³/mol. The maximum absolute atomic E-state index is 12.6. The van der Waals surface area contributed by atoms with Crippen LogP contribution < -0.4 is 5.32 Å². The standard InChI is InChI=1S/C22H25ClN2O2/c1-16-2-6-18(7-3-16)22(27)19-10-12-25(13-11-19)15-21(26)24-14-17-4-8-20(23)9-5-17/h2-9,19H,10-15H2,1H3,(H,24,26). The van der Waals surface area contributed by atoms with Crippen LogP contribution in [0.5, 0.6) is 0 Å². The van der Waals surface area contributed by atoms with Crippen molar-refractivity contribution < 1.29 is 9.59 Å². The zero-order chi connectivity index (χ0) is 19.2. The minimum Gasteiger partial charge on any atom is -0.351 e. The first-order chi connectivity index (χ1) is 13.0. The van der Waals surface area contributed by atoms with Gasteiger partial charge in [-0.1, -0.05) is 53.6 Å². The van der Waals surface area contributed by atoms with Gasteiger partial charge in [-0.15, -0.1) is 0 Å². The van der Waals surface area contributed by atoms with Crippen LogP contribution in [0.2, 0.25) is 5.02 Å². The molecule has 27 heavy (non-hydrogen) atoms. The number of nitrogens with one attached hydrogen (secondary N) is 1. The lowest BCUT2D eigenvalue weighted by Crippen LogP contribution is -2.42. The number of Topliss-reactive ketones (excluding diaryl/α,β-unsaturated/α-hetero) is 1. The zero-order valence-corrected chi connectivity index (χ0v) is 16.3. The van der Waals surface area contributed by atoms with Gasteiger partial charge in [0.05, 0.1) is 6.54 Å². The number of halogens is 1. The largest absolute Gasteiger partial charge is 0.351 e. The number of hydrogen-bond acceptors (Lipinski definition) is 3. The van der Waals surface area contributed by atoms with E-state index in [2.05, 4.69) is 10.2 Å². The van der Waals surface area contributed by atoms with Crippen LogP contribution in [0.15, 0.2) is 48.5 Å². The van der Waals surface area contributed by atoms with Crippen LogP contribution in [0.3, 0.4) is 0 Å². The molecular weight excluding hydrogens is 360 g/mol. The average Bonchev–Trinajstić information content (AvgIpc) is 2.68. The van der Waals surface area contributed by atoms with Crippen molar-refractivity contribution >= 4 is 23.3 Å². The molecule has 0 aromatic heterocycles. The van der Waals surface area contributed by atoms with Gasteiger partial charge in [-0.25, -0.2) is 0 Å². The summed E-state index contributed by atoms with van der Waals surface area (Å²) in [6, 6.07) is 15.2. The minimum absolute atomic E-state index is 0.00765. The molecule has 1 aliphatic rings. The second-order valence-corrected chi connectivity index (χ2v) is 7.62. The van der Waals surface area contributed by atoms with Crippen molar-refractivity contribution in [3.63, 3.8) is 0 Å². The molecule has 1 saturated heterocycles. The summed E-state index contributed by atoms with van der Waals surface area (Å²) >= 11 is 5.87. The lowest BCUT2D eigenvalue weighted by molar-refractivity contribution is -0.122. The summed E-state index contributed by atoms with van der Waals surface area (Å²) in [5.41, 5.74) is 2.97. The average molecular weight is 385 g/mol. The molecule has 0 unspecified atom stereocenters. The lowest BCUT2D eigenvalue weighted by Gasteiger charge is -2.30. The fraction of sp³-hybridized carbons (Fsp3) is 0.364. The Morgan fingerprint density at radius 2 is 1.67 bits per heavy atom. The van der Waals surface area contributed by atoms with Gasteiger partial charge in [0.15, 0.2) is 5.78 Å². The van der Waals surface area contributed by atoms with Gasteiger partial charge in [-0.2, -0.15) is 0 Å². The molecule has 0 atom stereocenters. The highest BCUT2D eigenvalue weighted by Gasteiger charge is 2.26. The Morgan fingerprint density at radius 3 is 2.30 bits per heavy atom. The number of amides is 1. The van der Waals surface area contributed by atoms with Crippen LogP contribution in [0.25, 0.3) is 0 Å². The summed E-state index contributed by atoms with van der Waals surface area (Å²) < 4.78 is 0. The molecule has 0 radical (unpaired) electrons. The van der Waals surface area contributed by atoms with Gasteiger partial charge in [-0.05, 0) is 50.6 Å². The number of aryl methyl sites for hydroxylation is 1. The smallest absolute Gasteiger partial charge is 0.234 e. The van der Waals surface area contributed by atoms with E-state index in [4.69, 9.17) is 11.6 Å². The maximum Gasteiger partial charge on any atom is 0.234 e. The third kappa shape index (κ3) is 5.65. The van der Waals surface area contributed by atoms with Crippen molar-refractivity contribution in [2.75, 3.05) is 19.6 Å². The van der Waals surface area contributed by atoms with Gasteiger partial charge < -0.3 is 5.32 Å². The molecule has 0 spiro atoms. The molecule has 142 valence electrons. The van der Waals surface area contributed by atoms with Crippen LogP contribution in [0, 0.1) is 12.8 Å². The van der Waals surface area contributed by atoms with Crippen molar-refractivity contribution in [3.05, 3.63) is 70.2 Å². The molecule has 1 N–H and O–H groups in total. The Bertz CT molecular complexity index is 779. The number of carbonyl (C=O) groups is 2. The molecule has 0 bridgehead atoms. The Labute approximate surface area is 165 Å². The Hall–Kier alpha value is -2.17. The molecular formula is C22H25ClN2O2. The summed E-state index contributed by atoms with van der Waals surface area (Å²) in [6.07, 6.45) is 1.61. The highest BCUT2D eigenvalue weighted by molar-refractivity contribution is 6.30. The topological polar surface area (TPSA) is 49.4 Å². The number of hydrogen-bond donors (Lipinski definition) is 1. The van der Waals surface area contributed by atoms with Crippen molar-refractivity contribution in [1.82, 2.24) is 10.2 Å².